The molecule has 0 radical (unpaired) electrons. The largest absolute Gasteiger partial charge is 0.265 e. The smallest absolute Gasteiger partial charge is 0.253 e. The standard InChI is InChI=1S/C16H12BrN4/c17-13-6-2-5-12(9-13)16-20-15(11-3-1-4-11)14-10-19-7-8-21(14,16)18/h1-10H,18H2/q+1. The third-order valence-electron chi connectivity index (χ3n) is 3.70. The summed E-state index contributed by atoms with van der Waals surface area (Å²) in [7, 11) is 0. The first-order chi connectivity index (χ1) is 10.2. The zero-order chi connectivity index (χ0) is 14.4. The van der Waals surface area contributed by atoms with Crippen LogP contribution in [0.1, 0.15) is 5.56 Å². The second kappa shape index (κ2) is 4.46. The molecule has 2 heterocycles. The number of fused-ring (bicyclic) bond motifs is 1. The molecule has 4 rings (SSSR count). The summed E-state index contributed by atoms with van der Waals surface area (Å²) in [4.78, 5) is 9.01. The van der Waals surface area contributed by atoms with Crippen LogP contribution >= 0.6 is 15.9 Å². The summed E-state index contributed by atoms with van der Waals surface area (Å²) in [5, 5.41) is 0. The second-order valence-corrected chi connectivity index (χ2v) is 5.93. The van der Waals surface area contributed by atoms with Gasteiger partial charge in [-0.05, 0) is 18.2 Å². The number of benzene rings is 1. The van der Waals surface area contributed by atoms with Crippen LogP contribution in [0.2, 0.25) is 0 Å². The van der Waals surface area contributed by atoms with Crippen LogP contribution in [-0.2, 0) is 0 Å². The number of nitrogens with zero attached hydrogens (tertiary/aromatic N) is 3. The van der Waals surface area contributed by atoms with Crippen molar-refractivity contribution in [3.8, 4) is 0 Å². The minimum absolute atomic E-state index is 0.0560. The molecule has 5 heteroatoms. The first kappa shape index (κ1) is 12.6. The summed E-state index contributed by atoms with van der Waals surface area (Å²) >= 11 is 3.50. The van der Waals surface area contributed by atoms with E-state index in [-0.39, 0.29) is 4.59 Å². The Balaban J connectivity index is 1.90. The predicted octanol–water partition coefficient (Wildman–Crippen LogP) is 3.16. The molecule has 3 aliphatic rings. The van der Waals surface area contributed by atoms with E-state index in [4.69, 9.17) is 10.8 Å². The maximum Gasteiger partial charge on any atom is 0.265 e. The zero-order valence-electron chi connectivity index (χ0n) is 11.1. The number of halogens is 1. The monoisotopic (exact) mass is 339 g/mol. The van der Waals surface area contributed by atoms with Crippen LogP contribution < -0.4 is 5.84 Å². The van der Waals surface area contributed by atoms with E-state index < -0.39 is 0 Å². The van der Waals surface area contributed by atoms with Crippen molar-refractivity contribution < 1.29 is 4.59 Å². The molecule has 0 amide bonds. The molecule has 1 aliphatic carbocycles. The van der Waals surface area contributed by atoms with Crippen molar-refractivity contribution in [1.29, 1.82) is 0 Å². The second-order valence-electron chi connectivity index (χ2n) is 5.01. The van der Waals surface area contributed by atoms with E-state index in [9.17, 15) is 0 Å². The Morgan fingerprint density at radius 2 is 2.10 bits per heavy atom. The van der Waals surface area contributed by atoms with Crippen molar-refractivity contribution in [3.63, 3.8) is 0 Å². The van der Waals surface area contributed by atoms with Gasteiger partial charge in [-0.1, -0.05) is 40.2 Å². The number of hydrogen-bond acceptors (Lipinski definition) is 3. The fraction of sp³-hybridized carbons (Fsp3) is 0. The van der Waals surface area contributed by atoms with Crippen LogP contribution in [-0.4, -0.2) is 16.6 Å². The number of allylic oxidation sites excluding steroid dienone is 4. The fourth-order valence-electron chi connectivity index (χ4n) is 2.57. The van der Waals surface area contributed by atoms with E-state index in [2.05, 4.69) is 20.9 Å². The number of hydrogen-bond donors (Lipinski definition) is 1. The summed E-state index contributed by atoms with van der Waals surface area (Å²) in [5.41, 5.74) is 3.86. The minimum Gasteiger partial charge on any atom is -0.253 e. The highest BCUT2D eigenvalue weighted by Crippen LogP contribution is 2.36. The first-order valence-corrected chi connectivity index (χ1v) is 7.35. The summed E-state index contributed by atoms with van der Waals surface area (Å²) in [6.07, 6.45) is 11.4. The molecule has 0 saturated heterocycles. The van der Waals surface area contributed by atoms with E-state index in [1.807, 2.05) is 48.7 Å². The third-order valence-corrected chi connectivity index (χ3v) is 4.20. The van der Waals surface area contributed by atoms with Gasteiger partial charge in [0.25, 0.3) is 5.84 Å². The van der Waals surface area contributed by atoms with Gasteiger partial charge in [0.05, 0.1) is 18.0 Å². The zero-order valence-corrected chi connectivity index (χ0v) is 12.7. The van der Waals surface area contributed by atoms with Gasteiger partial charge in [0.1, 0.15) is 11.9 Å². The Hall–Kier alpha value is -2.08. The van der Waals surface area contributed by atoms with Crippen molar-refractivity contribution in [3.05, 3.63) is 81.9 Å². The van der Waals surface area contributed by atoms with Crippen molar-refractivity contribution in [2.24, 2.45) is 15.8 Å². The van der Waals surface area contributed by atoms with E-state index in [1.165, 1.54) is 0 Å². The molecule has 0 spiro atoms. The van der Waals surface area contributed by atoms with E-state index >= 15 is 0 Å². The average Bonchev–Trinajstić information content (AvgIpc) is 2.70. The number of amidine groups is 1. The average molecular weight is 340 g/mol. The van der Waals surface area contributed by atoms with Gasteiger partial charge < -0.3 is 0 Å². The van der Waals surface area contributed by atoms with Gasteiger partial charge in [-0.15, -0.1) is 4.59 Å². The molecule has 2 N–H and O–H groups in total. The van der Waals surface area contributed by atoms with Gasteiger partial charge in [-0.2, -0.15) is 10.8 Å². The summed E-state index contributed by atoms with van der Waals surface area (Å²) in [6.45, 7) is 0. The number of quaternary nitrogens is 1. The Labute approximate surface area is 130 Å². The first-order valence-electron chi connectivity index (χ1n) is 6.55. The lowest BCUT2D eigenvalue weighted by Gasteiger charge is -2.26. The molecule has 4 nitrogen and oxygen atoms in total. The van der Waals surface area contributed by atoms with Crippen LogP contribution in [0.3, 0.4) is 0 Å². The highest BCUT2D eigenvalue weighted by Gasteiger charge is 2.44. The Kier molecular flexibility index (Phi) is 2.68. The van der Waals surface area contributed by atoms with E-state index in [1.54, 1.807) is 12.4 Å². The Morgan fingerprint density at radius 1 is 1.24 bits per heavy atom. The maximum absolute atomic E-state index is 6.60. The van der Waals surface area contributed by atoms with E-state index in [0.29, 0.717) is 0 Å². The number of rotatable bonds is 2. The molecular formula is C16H12BrN4+. The van der Waals surface area contributed by atoms with Gasteiger partial charge in [-0.25, -0.2) is 0 Å². The lowest BCUT2D eigenvalue weighted by molar-refractivity contribution is -0.750. The molecule has 0 fully saturated rings. The third kappa shape index (κ3) is 1.82. The summed E-state index contributed by atoms with van der Waals surface area (Å²) in [5.74, 6) is 7.40. The lowest BCUT2D eigenvalue weighted by Crippen LogP contribution is -2.53. The SMILES string of the molecule is N[N+]12C=CN=CC1=C(C1=CC=C1)N=C2c1cccc(Br)c1. The molecule has 2 aliphatic heterocycles. The Morgan fingerprint density at radius 3 is 2.81 bits per heavy atom. The van der Waals surface area contributed by atoms with Gasteiger partial charge in [0, 0.05) is 10.0 Å². The number of nitrogens with two attached hydrogens (primary N) is 1. The van der Waals surface area contributed by atoms with Crippen LogP contribution in [0.25, 0.3) is 0 Å². The maximum atomic E-state index is 6.60. The molecule has 0 saturated carbocycles. The normalized spacial score (nSPS) is 25.6. The molecule has 0 bridgehead atoms. The van der Waals surface area contributed by atoms with E-state index in [0.717, 1.165) is 32.8 Å². The van der Waals surface area contributed by atoms with Crippen molar-refractivity contribution in [1.82, 2.24) is 0 Å². The molecule has 21 heavy (non-hydrogen) atoms. The molecule has 102 valence electrons. The van der Waals surface area contributed by atoms with Crippen LogP contribution in [0.5, 0.6) is 0 Å². The molecule has 1 unspecified atom stereocenters. The fourth-order valence-corrected chi connectivity index (χ4v) is 2.97. The highest BCUT2D eigenvalue weighted by atomic mass is 79.9. The molecule has 1 aromatic carbocycles. The van der Waals surface area contributed by atoms with Crippen LogP contribution in [0.15, 0.2) is 86.3 Å². The van der Waals surface area contributed by atoms with Crippen molar-refractivity contribution in [2.45, 2.75) is 0 Å². The highest BCUT2D eigenvalue weighted by molar-refractivity contribution is 9.10. The predicted molar refractivity (Wildman–Crippen MR) is 87.0 cm³/mol. The quantitative estimate of drug-likeness (QED) is 0.653. The van der Waals surface area contributed by atoms with Crippen molar-refractivity contribution >= 4 is 28.0 Å². The lowest BCUT2D eigenvalue weighted by atomic mass is 10.0. The van der Waals surface area contributed by atoms with Crippen molar-refractivity contribution in [2.75, 3.05) is 0 Å². The van der Waals surface area contributed by atoms with Crippen LogP contribution in [0, 0.1) is 0 Å². The molecule has 1 atom stereocenters. The topological polar surface area (TPSA) is 50.7 Å². The Bertz CT molecular complexity index is 826. The van der Waals surface area contributed by atoms with Gasteiger partial charge in [0.15, 0.2) is 0 Å². The summed E-state index contributed by atoms with van der Waals surface area (Å²) in [6, 6.07) is 8.01. The molecular weight excluding hydrogens is 328 g/mol. The van der Waals surface area contributed by atoms with Gasteiger partial charge >= 0.3 is 0 Å². The van der Waals surface area contributed by atoms with Crippen LogP contribution in [0.4, 0.5) is 0 Å². The molecule has 1 aromatic rings. The minimum atomic E-state index is 0.0560. The summed E-state index contributed by atoms with van der Waals surface area (Å²) < 4.78 is 1.06. The molecule has 0 aromatic heterocycles. The number of aliphatic imine (C=N–C) groups is 2. The van der Waals surface area contributed by atoms with Gasteiger partial charge in [0.2, 0.25) is 5.70 Å². The van der Waals surface area contributed by atoms with Gasteiger partial charge in [-0.3, -0.25) is 4.99 Å².